The Labute approximate surface area is 163 Å². The molecule has 0 aliphatic carbocycles. The van der Waals surface area contributed by atoms with Crippen molar-refractivity contribution in [3.63, 3.8) is 0 Å². The van der Waals surface area contributed by atoms with Crippen LogP contribution in [0.3, 0.4) is 0 Å². The molecule has 1 atom stereocenters. The molecule has 1 aliphatic rings. The zero-order valence-electron chi connectivity index (χ0n) is 15.7. The van der Waals surface area contributed by atoms with Gasteiger partial charge in [0.25, 0.3) is 0 Å². The van der Waals surface area contributed by atoms with Crippen molar-refractivity contribution in [3.05, 3.63) is 46.4 Å². The first kappa shape index (κ1) is 19.4. The summed E-state index contributed by atoms with van der Waals surface area (Å²) < 4.78 is 5.15. The summed E-state index contributed by atoms with van der Waals surface area (Å²) >= 11 is 1.56. The predicted octanol–water partition coefficient (Wildman–Crippen LogP) is 2.81. The van der Waals surface area contributed by atoms with Crippen LogP contribution >= 0.6 is 11.3 Å². The number of amides is 2. The highest BCUT2D eigenvalue weighted by atomic mass is 32.1. The summed E-state index contributed by atoms with van der Waals surface area (Å²) in [5.41, 5.74) is 0.988. The summed E-state index contributed by atoms with van der Waals surface area (Å²) in [4.78, 5) is 30.5. The maximum absolute atomic E-state index is 12.6. The highest BCUT2D eigenvalue weighted by molar-refractivity contribution is 7.09. The molecule has 27 heavy (non-hydrogen) atoms. The van der Waals surface area contributed by atoms with Crippen LogP contribution < -0.4 is 10.1 Å². The SMILES string of the molecule is COc1ccc(CC(=O)N2CCC(C(NC(C)=O)c3nccs3)CC2)cc1. The van der Waals surface area contributed by atoms with Gasteiger partial charge in [-0.2, -0.15) is 0 Å². The lowest BCUT2D eigenvalue weighted by Crippen LogP contribution is -2.43. The third-order valence-corrected chi connectivity index (χ3v) is 5.81. The molecule has 2 heterocycles. The van der Waals surface area contributed by atoms with Crippen LogP contribution in [0.1, 0.15) is 36.4 Å². The second-order valence-electron chi connectivity index (χ2n) is 6.79. The number of nitrogens with zero attached hydrogens (tertiary/aromatic N) is 2. The number of benzene rings is 1. The first-order chi connectivity index (χ1) is 13.1. The van der Waals surface area contributed by atoms with Crippen LogP contribution in [-0.2, 0) is 16.0 Å². The van der Waals surface area contributed by atoms with Crippen LogP contribution in [0.2, 0.25) is 0 Å². The Hall–Kier alpha value is -2.41. The fourth-order valence-electron chi connectivity index (χ4n) is 3.50. The molecule has 1 aliphatic heterocycles. The fourth-order valence-corrected chi connectivity index (χ4v) is 4.28. The number of nitrogens with one attached hydrogen (secondary N) is 1. The summed E-state index contributed by atoms with van der Waals surface area (Å²) in [5.74, 6) is 1.18. The first-order valence-corrected chi connectivity index (χ1v) is 10.0. The number of thiazole rings is 1. The van der Waals surface area contributed by atoms with E-state index in [0.717, 1.165) is 29.2 Å². The highest BCUT2D eigenvalue weighted by Gasteiger charge is 2.31. The summed E-state index contributed by atoms with van der Waals surface area (Å²) in [6.45, 7) is 2.95. The largest absolute Gasteiger partial charge is 0.497 e. The van der Waals surface area contributed by atoms with Gasteiger partial charge in [0.05, 0.1) is 19.6 Å². The lowest BCUT2D eigenvalue weighted by atomic mass is 9.89. The van der Waals surface area contributed by atoms with Crippen molar-refractivity contribution in [1.29, 1.82) is 0 Å². The molecule has 0 spiro atoms. The summed E-state index contributed by atoms with van der Waals surface area (Å²) in [7, 11) is 1.63. The maximum Gasteiger partial charge on any atom is 0.226 e. The topological polar surface area (TPSA) is 71.5 Å². The maximum atomic E-state index is 12.6. The van der Waals surface area contributed by atoms with Crippen molar-refractivity contribution >= 4 is 23.2 Å². The number of piperidine rings is 1. The number of likely N-dealkylation sites (tertiary alicyclic amines) is 1. The number of aromatic nitrogens is 1. The van der Waals surface area contributed by atoms with Crippen LogP contribution in [-0.4, -0.2) is 41.9 Å². The molecule has 1 aromatic carbocycles. The van der Waals surface area contributed by atoms with Gasteiger partial charge in [-0.15, -0.1) is 11.3 Å². The molecule has 1 saturated heterocycles. The molecule has 1 N–H and O–H groups in total. The highest BCUT2D eigenvalue weighted by Crippen LogP contribution is 2.32. The van der Waals surface area contributed by atoms with Crippen LogP contribution in [0.4, 0.5) is 0 Å². The number of ether oxygens (including phenoxy) is 1. The lowest BCUT2D eigenvalue weighted by Gasteiger charge is -2.35. The first-order valence-electron chi connectivity index (χ1n) is 9.14. The molecular weight excluding hydrogens is 362 g/mol. The molecule has 0 bridgehead atoms. The zero-order valence-corrected chi connectivity index (χ0v) is 16.5. The molecule has 144 valence electrons. The monoisotopic (exact) mass is 387 g/mol. The molecule has 1 unspecified atom stereocenters. The predicted molar refractivity (Wildman–Crippen MR) is 105 cm³/mol. The van der Waals surface area contributed by atoms with E-state index in [1.807, 2.05) is 34.5 Å². The van der Waals surface area contributed by atoms with E-state index in [1.165, 1.54) is 6.92 Å². The third-order valence-electron chi connectivity index (χ3n) is 4.95. The van der Waals surface area contributed by atoms with E-state index in [4.69, 9.17) is 4.74 Å². The van der Waals surface area contributed by atoms with Gasteiger partial charge in [0.15, 0.2) is 0 Å². The quantitative estimate of drug-likeness (QED) is 0.827. The van der Waals surface area contributed by atoms with E-state index in [-0.39, 0.29) is 17.9 Å². The fraction of sp³-hybridized carbons (Fsp3) is 0.450. The summed E-state index contributed by atoms with van der Waals surface area (Å²) in [6.07, 6.45) is 3.89. The number of carbonyl (C=O) groups is 2. The number of methoxy groups -OCH3 is 1. The van der Waals surface area contributed by atoms with E-state index in [1.54, 1.807) is 24.6 Å². The molecular formula is C20H25N3O3S. The number of rotatable bonds is 6. The van der Waals surface area contributed by atoms with Crippen LogP contribution in [0.15, 0.2) is 35.8 Å². The Balaban J connectivity index is 1.56. The molecule has 6 nitrogen and oxygen atoms in total. The molecule has 1 fully saturated rings. The van der Waals surface area contributed by atoms with Gasteiger partial charge >= 0.3 is 0 Å². The Kier molecular flexibility index (Phi) is 6.45. The van der Waals surface area contributed by atoms with E-state index in [0.29, 0.717) is 25.4 Å². The zero-order chi connectivity index (χ0) is 19.2. The van der Waals surface area contributed by atoms with Crippen LogP contribution in [0.5, 0.6) is 5.75 Å². The standard InChI is InChI=1S/C20H25N3O3S/c1-14(24)22-19(20-21-9-12-27-20)16-7-10-23(11-8-16)18(25)13-15-3-5-17(26-2)6-4-15/h3-6,9,12,16,19H,7-8,10-11,13H2,1-2H3,(H,22,24). The van der Waals surface area contributed by atoms with Crippen LogP contribution in [0, 0.1) is 5.92 Å². The van der Waals surface area contributed by atoms with Gasteiger partial charge in [0.1, 0.15) is 10.8 Å². The van der Waals surface area contributed by atoms with Gasteiger partial charge in [-0.25, -0.2) is 4.98 Å². The Morgan fingerprint density at radius 1 is 1.30 bits per heavy atom. The number of carbonyl (C=O) groups excluding carboxylic acids is 2. The van der Waals surface area contributed by atoms with Gasteiger partial charge in [-0.05, 0) is 36.5 Å². The molecule has 0 saturated carbocycles. The van der Waals surface area contributed by atoms with Crippen molar-refractivity contribution in [2.45, 2.75) is 32.2 Å². The van der Waals surface area contributed by atoms with E-state index >= 15 is 0 Å². The van der Waals surface area contributed by atoms with Gasteiger partial charge in [-0.3, -0.25) is 9.59 Å². The Bertz CT molecular complexity index is 753. The Morgan fingerprint density at radius 3 is 2.56 bits per heavy atom. The number of hydrogen-bond donors (Lipinski definition) is 1. The normalized spacial score (nSPS) is 16.0. The van der Waals surface area contributed by atoms with Crippen LogP contribution in [0.25, 0.3) is 0 Å². The summed E-state index contributed by atoms with van der Waals surface area (Å²) in [6, 6.07) is 7.54. The van der Waals surface area contributed by atoms with Crippen molar-refractivity contribution in [2.24, 2.45) is 5.92 Å². The third kappa shape index (κ3) is 5.07. The van der Waals surface area contributed by atoms with Gasteiger partial charge in [0.2, 0.25) is 11.8 Å². The Morgan fingerprint density at radius 2 is 2.00 bits per heavy atom. The average molecular weight is 388 g/mol. The minimum absolute atomic E-state index is 0.0480. The van der Waals surface area contributed by atoms with E-state index in [9.17, 15) is 9.59 Å². The molecule has 7 heteroatoms. The lowest BCUT2D eigenvalue weighted by molar-refractivity contribution is -0.132. The average Bonchev–Trinajstić information content (AvgIpc) is 3.21. The number of hydrogen-bond acceptors (Lipinski definition) is 5. The van der Waals surface area contributed by atoms with Gasteiger partial charge in [0, 0.05) is 31.6 Å². The molecule has 2 aromatic rings. The minimum Gasteiger partial charge on any atom is -0.497 e. The second kappa shape index (κ2) is 8.99. The molecule has 3 rings (SSSR count). The van der Waals surface area contributed by atoms with Gasteiger partial charge < -0.3 is 15.0 Å². The van der Waals surface area contributed by atoms with Crippen molar-refractivity contribution in [2.75, 3.05) is 20.2 Å². The van der Waals surface area contributed by atoms with Crippen molar-refractivity contribution in [1.82, 2.24) is 15.2 Å². The molecule has 1 aromatic heterocycles. The second-order valence-corrected chi connectivity index (χ2v) is 7.72. The summed E-state index contributed by atoms with van der Waals surface area (Å²) in [5, 5.41) is 5.91. The smallest absolute Gasteiger partial charge is 0.226 e. The minimum atomic E-state index is -0.0682. The van der Waals surface area contributed by atoms with Crippen molar-refractivity contribution < 1.29 is 14.3 Å². The van der Waals surface area contributed by atoms with Gasteiger partial charge in [-0.1, -0.05) is 12.1 Å². The van der Waals surface area contributed by atoms with E-state index in [2.05, 4.69) is 10.3 Å². The molecule has 0 radical (unpaired) electrons. The molecule has 2 amide bonds. The van der Waals surface area contributed by atoms with Crippen molar-refractivity contribution in [3.8, 4) is 5.75 Å². The van der Waals surface area contributed by atoms with E-state index < -0.39 is 0 Å².